The Balaban J connectivity index is 1.40. The zero-order valence-corrected chi connectivity index (χ0v) is 20.0. The number of nitrogens with zero attached hydrogens (tertiary/aromatic N) is 2. The minimum absolute atomic E-state index is 0.0275. The molecule has 3 fully saturated rings. The fraction of sp³-hybridized carbons (Fsp3) is 0.560. The number of hydrogen-bond acceptors (Lipinski definition) is 5. The lowest BCUT2D eigenvalue weighted by Gasteiger charge is -2.35. The molecule has 2 saturated carbocycles. The van der Waals surface area contributed by atoms with E-state index in [0.29, 0.717) is 25.9 Å². The predicted molar refractivity (Wildman–Crippen MR) is 125 cm³/mol. The molecule has 5 rings (SSSR count). The number of benzene rings is 1. The van der Waals surface area contributed by atoms with Gasteiger partial charge in [-0.25, -0.2) is 18.4 Å². The number of piperidine rings is 1. The zero-order valence-electron chi connectivity index (χ0n) is 20.0. The Bertz CT molecular complexity index is 1290. The van der Waals surface area contributed by atoms with Crippen LogP contribution in [0, 0.1) is 17.0 Å². The first kappa shape index (κ1) is 23.6. The van der Waals surface area contributed by atoms with E-state index in [1.165, 1.54) is 10.8 Å². The molecule has 10 heteroatoms. The molecule has 8 nitrogen and oxygen atoms in total. The number of hydrogen-bond donors (Lipinski definition) is 2. The normalized spacial score (nSPS) is 21.3. The van der Waals surface area contributed by atoms with E-state index in [1.807, 2.05) is 0 Å². The minimum atomic E-state index is -1.42. The van der Waals surface area contributed by atoms with Crippen LogP contribution in [0.25, 0.3) is 10.9 Å². The second-order valence-corrected chi connectivity index (χ2v) is 11.0. The van der Waals surface area contributed by atoms with Gasteiger partial charge >= 0.3 is 12.1 Å². The number of rotatable bonds is 4. The second-order valence-electron chi connectivity index (χ2n) is 11.0. The van der Waals surface area contributed by atoms with Gasteiger partial charge < -0.3 is 24.6 Å². The van der Waals surface area contributed by atoms with Crippen LogP contribution in [0.4, 0.5) is 19.3 Å². The molecule has 0 bridgehead atoms. The maximum absolute atomic E-state index is 15.8. The Morgan fingerprint density at radius 3 is 2.43 bits per heavy atom. The number of anilines is 1. The third-order valence-corrected chi connectivity index (χ3v) is 7.31. The quantitative estimate of drug-likeness (QED) is 0.668. The molecule has 2 aliphatic carbocycles. The number of nitrogens with one attached hydrogen (secondary N) is 1. The molecule has 2 aromatic rings. The second kappa shape index (κ2) is 7.93. The Morgan fingerprint density at radius 2 is 1.86 bits per heavy atom. The number of fused-ring (bicyclic) bond motifs is 1. The van der Waals surface area contributed by atoms with E-state index in [1.54, 1.807) is 25.7 Å². The zero-order chi connectivity index (χ0) is 25.3. The van der Waals surface area contributed by atoms with E-state index >= 15 is 8.78 Å². The number of alkyl carbamates (subject to hydrolysis) is 1. The minimum Gasteiger partial charge on any atom is -0.477 e. The summed E-state index contributed by atoms with van der Waals surface area (Å²) in [5, 5.41) is 12.0. The SMILES string of the molecule is CC(C)(C)OC(=O)NC1CC12CCN(c1c(F)cc3c(=O)c(C(=O)O)cn(C4CC4)c3c1F)CC2. The standard InChI is InChI=1S/C25H29F2N3O5/c1-24(2,3)35-23(34)28-17-11-25(17)6-8-29(9-7-25)20-16(26)10-14-19(18(20)27)30(13-4-5-13)12-15(21(14)31)22(32)33/h10,12-13,17H,4-9,11H2,1-3H3,(H,28,34)(H,32,33). The van der Waals surface area contributed by atoms with Crippen LogP contribution >= 0.6 is 0 Å². The van der Waals surface area contributed by atoms with Crippen LogP contribution in [0.2, 0.25) is 0 Å². The number of carbonyl (C=O) groups excluding carboxylic acids is 1. The van der Waals surface area contributed by atoms with Gasteiger partial charge in [-0.1, -0.05) is 0 Å². The lowest BCUT2D eigenvalue weighted by Crippen LogP contribution is -2.40. The molecule has 1 amide bonds. The Labute approximate surface area is 200 Å². The number of ether oxygens (including phenoxy) is 1. The van der Waals surface area contributed by atoms with Gasteiger partial charge in [0, 0.05) is 31.4 Å². The third kappa shape index (κ3) is 4.23. The number of carboxylic acid groups (broad SMARTS) is 1. The molecule has 1 saturated heterocycles. The van der Waals surface area contributed by atoms with Crippen LogP contribution in [0.3, 0.4) is 0 Å². The summed E-state index contributed by atoms with van der Waals surface area (Å²) in [4.78, 5) is 38.0. The van der Waals surface area contributed by atoms with Crippen LogP contribution in [0.1, 0.15) is 69.3 Å². The molecule has 188 valence electrons. The number of carboxylic acids is 1. The van der Waals surface area contributed by atoms with Crippen molar-refractivity contribution in [2.45, 2.75) is 70.6 Å². The molecule has 3 aliphatic rings. The lowest BCUT2D eigenvalue weighted by molar-refractivity contribution is 0.0513. The van der Waals surface area contributed by atoms with E-state index < -0.39 is 40.3 Å². The fourth-order valence-electron chi connectivity index (χ4n) is 5.24. The number of aromatic carboxylic acids is 1. The highest BCUT2D eigenvalue weighted by molar-refractivity contribution is 5.94. The summed E-state index contributed by atoms with van der Waals surface area (Å²) in [6.45, 7) is 6.18. The van der Waals surface area contributed by atoms with Gasteiger partial charge in [0.1, 0.15) is 22.7 Å². The first-order chi connectivity index (χ1) is 16.4. The topological polar surface area (TPSA) is 101 Å². The average Bonchev–Trinajstić information content (AvgIpc) is 3.67. The summed E-state index contributed by atoms with van der Waals surface area (Å²) in [6, 6.07) is 0.829. The van der Waals surface area contributed by atoms with Crippen LogP contribution in [0.5, 0.6) is 0 Å². The highest BCUT2D eigenvalue weighted by Gasteiger charge is 2.56. The van der Waals surface area contributed by atoms with Crippen molar-refractivity contribution >= 4 is 28.7 Å². The lowest BCUT2D eigenvalue weighted by atomic mass is 9.92. The van der Waals surface area contributed by atoms with Crippen molar-refractivity contribution < 1.29 is 28.2 Å². The van der Waals surface area contributed by atoms with E-state index in [0.717, 1.165) is 25.3 Å². The van der Waals surface area contributed by atoms with Crippen molar-refractivity contribution in [2.24, 2.45) is 5.41 Å². The van der Waals surface area contributed by atoms with Crippen molar-refractivity contribution in [2.75, 3.05) is 18.0 Å². The highest BCUT2D eigenvalue weighted by Crippen LogP contribution is 2.54. The van der Waals surface area contributed by atoms with Gasteiger partial charge in [-0.15, -0.1) is 0 Å². The molecular formula is C25H29F2N3O5. The third-order valence-electron chi connectivity index (χ3n) is 7.31. The summed E-state index contributed by atoms with van der Waals surface area (Å²) in [6.07, 6.45) is 4.28. The molecule has 1 unspecified atom stereocenters. The Kier molecular flexibility index (Phi) is 5.34. The van der Waals surface area contributed by atoms with Crippen LogP contribution in [-0.4, -0.2) is 46.5 Å². The van der Waals surface area contributed by atoms with Gasteiger partial charge in [0.15, 0.2) is 5.82 Å². The predicted octanol–water partition coefficient (Wildman–Crippen LogP) is 4.20. The molecule has 1 spiro atoms. The maximum Gasteiger partial charge on any atom is 0.407 e. The van der Waals surface area contributed by atoms with Crippen molar-refractivity contribution in [3.63, 3.8) is 0 Å². The van der Waals surface area contributed by atoms with Crippen molar-refractivity contribution in [3.05, 3.63) is 39.7 Å². The van der Waals surface area contributed by atoms with E-state index in [-0.39, 0.29) is 34.1 Å². The molecule has 0 radical (unpaired) electrons. The van der Waals surface area contributed by atoms with Gasteiger partial charge in [0.25, 0.3) is 0 Å². The van der Waals surface area contributed by atoms with Crippen LogP contribution in [0.15, 0.2) is 17.1 Å². The fourth-order valence-corrected chi connectivity index (χ4v) is 5.24. The van der Waals surface area contributed by atoms with Crippen molar-refractivity contribution in [1.29, 1.82) is 0 Å². The number of pyridine rings is 1. The highest BCUT2D eigenvalue weighted by atomic mass is 19.1. The van der Waals surface area contributed by atoms with E-state index in [9.17, 15) is 19.5 Å². The summed E-state index contributed by atoms with van der Waals surface area (Å²) < 4.78 is 37.8. The molecule has 1 atom stereocenters. The Morgan fingerprint density at radius 1 is 1.20 bits per heavy atom. The monoisotopic (exact) mass is 489 g/mol. The van der Waals surface area contributed by atoms with Gasteiger partial charge in [-0.3, -0.25) is 4.79 Å². The van der Waals surface area contributed by atoms with Crippen molar-refractivity contribution in [1.82, 2.24) is 9.88 Å². The van der Waals surface area contributed by atoms with E-state index in [2.05, 4.69) is 5.32 Å². The first-order valence-corrected chi connectivity index (χ1v) is 11.9. The smallest absolute Gasteiger partial charge is 0.407 e. The first-order valence-electron chi connectivity index (χ1n) is 11.9. The largest absolute Gasteiger partial charge is 0.477 e. The van der Waals surface area contributed by atoms with Gasteiger partial charge in [-0.2, -0.15) is 0 Å². The average molecular weight is 490 g/mol. The maximum atomic E-state index is 15.8. The molecule has 2 N–H and O–H groups in total. The van der Waals surface area contributed by atoms with Crippen molar-refractivity contribution in [3.8, 4) is 0 Å². The summed E-state index contributed by atoms with van der Waals surface area (Å²) in [5.74, 6) is -3.14. The molecule has 35 heavy (non-hydrogen) atoms. The van der Waals surface area contributed by atoms with Crippen LogP contribution < -0.4 is 15.6 Å². The number of aromatic nitrogens is 1. The number of carbonyl (C=O) groups is 2. The number of amides is 1. The number of halogens is 2. The molecule has 1 aliphatic heterocycles. The molecule has 1 aromatic carbocycles. The molecule has 1 aromatic heterocycles. The van der Waals surface area contributed by atoms with Gasteiger partial charge in [0.05, 0.1) is 10.9 Å². The van der Waals surface area contributed by atoms with Crippen LogP contribution in [-0.2, 0) is 4.74 Å². The Hall–Kier alpha value is -3.17. The molecular weight excluding hydrogens is 460 g/mol. The summed E-state index contributed by atoms with van der Waals surface area (Å²) >= 11 is 0. The van der Waals surface area contributed by atoms with E-state index in [4.69, 9.17) is 4.74 Å². The molecule has 2 heterocycles. The van der Waals surface area contributed by atoms with Gasteiger partial charge in [0.2, 0.25) is 5.43 Å². The summed E-state index contributed by atoms with van der Waals surface area (Å²) in [5.41, 5.74) is -2.32. The summed E-state index contributed by atoms with van der Waals surface area (Å²) in [7, 11) is 0. The van der Waals surface area contributed by atoms with Gasteiger partial charge in [-0.05, 0) is 64.4 Å².